The van der Waals surface area contributed by atoms with Gasteiger partial charge in [0.05, 0.1) is 5.41 Å². The van der Waals surface area contributed by atoms with E-state index in [9.17, 15) is 33.9 Å². The highest BCUT2D eigenvalue weighted by Crippen LogP contribution is 2.66. The Labute approximate surface area is 267 Å². The van der Waals surface area contributed by atoms with E-state index in [1.807, 2.05) is 0 Å². The highest BCUT2D eigenvalue weighted by Gasteiger charge is 2.87. The molecular formula is C32H44O14. The molecule has 14 heteroatoms. The van der Waals surface area contributed by atoms with Crippen molar-refractivity contribution in [3.8, 4) is 0 Å². The van der Waals surface area contributed by atoms with Crippen LogP contribution in [0.5, 0.6) is 0 Å². The molecule has 1 saturated carbocycles. The molecule has 1 N–H and O–H groups in total. The predicted octanol–water partition coefficient (Wildman–Crippen LogP) is 1.86. The molecule has 2 heterocycles. The van der Waals surface area contributed by atoms with Gasteiger partial charge in [0.2, 0.25) is 0 Å². The minimum absolute atomic E-state index is 0.0177. The Kier molecular flexibility index (Phi) is 9.67. The summed E-state index contributed by atoms with van der Waals surface area (Å²) in [6.45, 7) is 12.8. The third-order valence-corrected chi connectivity index (χ3v) is 9.90. The Bertz CT molecular complexity index is 1320. The normalized spacial score (nSPS) is 42.3. The molecule has 0 aromatic carbocycles. The summed E-state index contributed by atoms with van der Waals surface area (Å²) in [7, 11) is 0. The van der Waals surface area contributed by atoms with Gasteiger partial charge in [-0.25, -0.2) is 4.79 Å². The van der Waals surface area contributed by atoms with Gasteiger partial charge in [-0.3, -0.25) is 24.0 Å². The Morgan fingerprint density at radius 1 is 0.913 bits per heavy atom. The smallest absolute Gasteiger partial charge is 0.342 e. The predicted molar refractivity (Wildman–Crippen MR) is 154 cm³/mol. The van der Waals surface area contributed by atoms with Gasteiger partial charge in [-0.15, -0.1) is 0 Å². The molecular weight excluding hydrogens is 608 g/mol. The zero-order valence-corrected chi connectivity index (χ0v) is 27.6. The first-order valence-corrected chi connectivity index (χ1v) is 15.5. The van der Waals surface area contributed by atoms with Crippen LogP contribution in [0.3, 0.4) is 0 Å². The molecule has 256 valence electrons. The van der Waals surface area contributed by atoms with Crippen molar-refractivity contribution in [1.82, 2.24) is 0 Å². The monoisotopic (exact) mass is 652 g/mol. The molecule has 0 amide bonds. The van der Waals surface area contributed by atoms with Gasteiger partial charge in [0.1, 0.15) is 30.5 Å². The van der Waals surface area contributed by atoms with Crippen molar-refractivity contribution < 1.29 is 67.0 Å². The summed E-state index contributed by atoms with van der Waals surface area (Å²) < 4.78 is 41.3. The molecule has 46 heavy (non-hydrogen) atoms. The van der Waals surface area contributed by atoms with Crippen LogP contribution >= 0.6 is 0 Å². The lowest BCUT2D eigenvalue weighted by Crippen LogP contribution is -2.69. The third-order valence-electron chi connectivity index (χ3n) is 9.90. The number of rotatable bonds is 7. The second-order valence-corrected chi connectivity index (χ2v) is 13.1. The van der Waals surface area contributed by atoms with E-state index in [1.54, 1.807) is 27.7 Å². The van der Waals surface area contributed by atoms with Crippen LogP contribution < -0.4 is 0 Å². The van der Waals surface area contributed by atoms with Crippen LogP contribution in [0.1, 0.15) is 81.6 Å². The van der Waals surface area contributed by atoms with Gasteiger partial charge in [-0.05, 0) is 31.9 Å². The summed E-state index contributed by atoms with van der Waals surface area (Å²) in [5, 5.41) is 12.2. The summed E-state index contributed by atoms with van der Waals surface area (Å²) in [5.74, 6) is -6.17. The molecule has 0 aromatic rings. The number of carbonyl (C=O) groups excluding carboxylic acids is 6. The lowest BCUT2D eigenvalue weighted by molar-refractivity contribution is -0.251. The Hall–Kier alpha value is -3.52. The number of epoxide rings is 1. The lowest BCUT2D eigenvalue weighted by Gasteiger charge is -2.57. The number of ether oxygens (including phenoxy) is 7. The number of hydrogen-bond acceptors (Lipinski definition) is 14. The van der Waals surface area contributed by atoms with Crippen LogP contribution in [0, 0.1) is 17.3 Å². The zero-order chi connectivity index (χ0) is 34.5. The van der Waals surface area contributed by atoms with E-state index < -0.39 is 107 Å². The number of hydrogen-bond donors (Lipinski definition) is 1. The summed E-state index contributed by atoms with van der Waals surface area (Å²) in [4.78, 5) is 76.7. The largest absolute Gasteiger partial charge is 0.462 e. The molecule has 2 aliphatic carbocycles. The third kappa shape index (κ3) is 5.78. The summed E-state index contributed by atoms with van der Waals surface area (Å²) >= 11 is 0. The van der Waals surface area contributed by atoms with Crippen LogP contribution in [0.2, 0.25) is 0 Å². The van der Waals surface area contributed by atoms with E-state index >= 15 is 0 Å². The maximum atomic E-state index is 13.3. The van der Waals surface area contributed by atoms with Gasteiger partial charge in [-0.2, -0.15) is 0 Å². The molecule has 0 bridgehead atoms. The average molecular weight is 653 g/mol. The maximum absolute atomic E-state index is 13.3. The van der Waals surface area contributed by atoms with Crippen molar-refractivity contribution in [2.75, 3.05) is 0 Å². The van der Waals surface area contributed by atoms with E-state index in [1.165, 1.54) is 33.8 Å². The van der Waals surface area contributed by atoms with Crippen LogP contribution in [0.4, 0.5) is 0 Å². The molecule has 2 aliphatic heterocycles. The van der Waals surface area contributed by atoms with Crippen molar-refractivity contribution in [3.63, 3.8) is 0 Å². The standard InChI is InChI=1S/C32H44O14/c1-10-11-23(37)45-26-14(2)12-22-32(31(9,46-32)29(39)44-22)27(42-18(6)35)24-15(3)20(40-16(4)33)13-21(41-17(5)34)30(24,8)28(25(26)38)43-19(7)36/h12,15,20-22,24-28,38H,10-11,13H2,1-9H3/b14-12-/t15-,20-,21-,22-,24+,25-,26+,27-,28-,30-,31+,32-/m0/s1. The SMILES string of the molecule is CCCC(=O)O[C@@H]1/C(C)=C\[C@@H]2OC(=O)[C@@]3(C)O[C@]23[C@@H](OC(C)=O)[C@H]2[C@@H](C)[C@@H](OC(C)=O)C[C@H](OC(C)=O)[C@]2(C)[C@@H](OC(C)=O)[C@H]1O. The number of esters is 6. The molecule has 0 radical (unpaired) electrons. The van der Waals surface area contributed by atoms with Crippen LogP contribution in [-0.2, 0) is 61.9 Å². The second kappa shape index (κ2) is 12.6. The van der Waals surface area contributed by atoms with Crippen molar-refractivity contribution in [1.29, 1.82) is 0 Å². The Morgan fingerprint density at radius 2 is 1.48 bits per heavy atom. The van der Waals surface area contributed by atoms with Crippen molar-refractivity contribution >= 4 is 35.8 Å². The fourth-order valence-electron chi connectivity index (χ4n) is 7.90. The topological polar surface area (TPSA) is 191 Å². The highest BCUT2D eigenvalue weighted by atomic mass is 16.7. The molecule has 4 rings (SSSR count). The van der Waals surface area contributed by atoms with Gasteiger partial charge >= 0.3 is 35.8 Å². The maximum Gasteiger partial charge on any atom is 0.342 e. The first-order valence-electron chi connectivity index (χ1n) is 15.5. The molecule has 3 fully saturated rings. The van der Waals surface area contributed by atoms with E-state index in [0.29, 0.717) is 6.42 Å². The molecule has 0 unspecified atom stereocenters. The number of fused-ring (bicyclic) bond motifs is 1. The van der Waals surface area contributed by atoms with Crippen LogP contribution in [-0.4, -0.2) is 94.9 Å². The number of carbonyl (C=O) groups is 6. The van der Waals surface area contributed by atoms with Crippen molar-refractivity contribution in [2.45, 2.75) is 136 Å². The van der Waals surface area contributed by atoms with E-state index in [-0.39, 0.29) is 18.4 Å². The quantitative estimate of drug-likeness (QED) is 0.181. The first kappa shape index (κ1) is 35.3. The van der Waals surface area contributed by atoms with Crippen LogP contribution in [0.15, 0.2) is 11.6 Å². The van der Waals surface area contributed by atoms with Gasteiger partial charge in [-0.1, -0.05) is 20.8 Å². The minimum atomic E-state index is -1.76. The summed E-state index contributed by atoms with van der Waals surface area (Å²) in [6, 6.07) is 0. The fraction of sp³-hybridized carbons (Fsp3) is 0.750. The minimum Gasteiger partial charge on any atom is -0.462 e. The van der Waals surface area contributed by atoms with Crippen molar-refractivity contribution in [3.05, 3.63) is 11.6 Å². The van der Waals surface area contributed by atoms with Gasteiger partial charge in [0.25, 0.3) is 0 Å². The molecule has 0 aromatic heterocycles. The van der Waals surface area contributed by atoms with Gasteiger partial charge in [0.15, 0.2) is 23.4 Å². The Balaban J connectivity index is 2.09. The molecule has 1 spiro atoms. The molecule has 12 atom stereocenters. The molecule has 14 nitrogen and oxygen atoms in total. The molecule has 2 saturated heterocycles. The zero-order valence-electron chi connectivity index (χ0n) is 27.6. The summed E-state index contributed by atoms with van der Waals surface area (Å²) in [6.07, 6.45) is -7.65. The number of aliphatic hydroxyl groups excluding tert-OH is 1. The average Bonchev–Trinajstić information content (AvgIpc) is 3.52. The number of aliphatic hydroxyl groups is 1. The fourth-order valence-corrected chi connectivity index (χ4v) is 7.90. The lowest BCUT2D eigenvalue weighted by atomic mass is 9.52. The second-order valence-electron chi connectivity index (χ2n) is 13.1. The van der Waals surface area contributed by atoms with E-state index in [0.717, 1.165) is 6.92 Å². The highest BCUT2D eigenvalue weighted by molar-refractivity contribution is 5.89. The van der Waals surface area contributed by atoms with Gasteiger partial charge < -0.3 is 38.3 Å². The Morgan fingerprint density at radius 3 is 2.00 bits per heavy atom. The first-order chi connectivity index (χ1) is 21.3. The van der Waals surface area contributed by atoms with E-state index in [4.69, 9.17) is 33.2 Å². The van der Waals surface area contributed by atoms with Gasteiger partial charge in [0, 0.05) is 52.4 Å². The molecule has 4 aliphatic rings. The van der Waals surface area contributed by atoms with Crippen LogP contribution in [0.25, 0.3) is 0 Å². The van der Waals surface area contributed by atoms with Crippen molar-refractivity contribution in [2.24, 2.45) is 17.3 Å². The van der Waals surface area contributed by atoms with E-state index in [2.05, 4.69) is 0 Å². The summed E-state index contributed by atoms with van der Waals surface area (Å²) in [5.41, 5.74) is -4.68.